The smallest absolute Gasteiger partial charge is 0.229 e. The van der Waals surface area contributed by atoms with E-state index in [9.17, 15) is 8.42 Å². The summed E-state index contributed by atoms with van der Waals surface area (Å²) in [6, 6.07) is 24.9. The van der Waals surface area contributed by atoms with E-state index in [-0.39, 0.29) is 6.10 Å². The number of nitrogens with zero attached hydrogens (tertiary/aromatic N) is 2. The van der Waals surface area contributed by atoms with Gasteiger partial charge in [0, 0.05) is 18.5 Å². The molecule has 4 aromatic rings. The molecule has 2 aromatic heterocycles. The average molecular weight is 476 g/mol. The van der Waals surface area contributed by atoms with Gasteiger partial charge >= 0.3 is 0 Å². The van der Waals surface area contributed by atoms with Gasteiger partial charge in [-0.15, -0.1) is 0 Å². The van der Waals surface area contributed by atoms with Crippen molar-refractivity contribution in [2.45, 2.75) is 18.9 Å². The van der Waals surface area contributed by atoms with Gasteiger partial charge in [-0.25, -0.2) is 13.4 Å². The third-order valence-electron chi connectivity index (χ3n) is 4.98. The molecule has 7 nitrogen and oxygen atoms in total. The van der Waals surface area contributed by atoms with E-state index in [0.717, 1.165) is 30.4 Å². The molecule has 0 bridgehead atoms. The van der Waals surface area contributed by atoms with Crippen LogP contribution in [0.1, 0.15) is 23.7 Å². The summed E-state index contributed by atoms with van der Waals surface area (Å²) in [4.78, 5) is 7.93. The summed E-state index contributed by atoms with van der Waals surface area (Å²) in [5, 5.41) is 0. The van der Waals surface area contributed by atoms with Crippen LogP contribution in [0.4, 0.5) is 5.69 Å². The number of anilines is 1. The Bertz CT molecular complexity index is 1270. The van der Waals surface area contributed by atoms with Crippen molar-refractivity contribution in [2.24, 2.45) is 0 Å². The number of pyridine rings is 2. The largest absolute Gasteiger partial charge is 0.485 e. The molecular formula is C26H25N3O4S. The van der Waals surface area contributed by atoms with Crippen LogP contribution in [0.3, 0.4) is 0 Å². The second-order valence-electron chi connectivity index (χ2n) is 7.71. The Balaban J connectivity index is 0.000000398. The standard InChI is InChI=1S/C21H20N2O4S.C5H5N/c1-28(24,25)23-17-8-12-21(22-14-17)26-18-9-11-20-16(13-18)7-10-19(27-20)15-5-3-2-4-6-15;1-2-4-6-5-3-1/h2-6,8-9,11-14,19,23H,7,10H2,1H3;1-5H. The number of sulfonamides is 1. The topological polar surface area (TPSA) is 90.4 Å². The van der Waals surface area contributed by atoms with Gasteiger partial charge < -0.3 is 9.47 Å². The first-order chi connectivity index (χ1) is 16.5. The van der Waals surface area contributed by atoms with Gasteiger partial charge in [0.25, 0.3) is 0 Å². The first-order valence-electron chi connectivity index (χ1n) is 10.8. The zero-order valence-corrected chi connectivity index (χ0v) is 19.5. The molecule has 1 unspecified atom stereocenters. The second kappa shape index (κ2) is 10.8. The molecule has 1 atom stereocenters. The van der Waals surface area contributed by atoms with Crippen LogP contribution < -0.4 is 14.2 Å². The lowest BCUT2D eigenvalue weighted by atomic mass is 9.97. The molecule has 0 spiro atoms. The Hall–Kier alpha value is -3.91. The highest BCUT2D eigenvalue weighted by molar-refractivity contribution is 7.92. The highest BCUT2D eigenvalue weighted by Gasteiger charge is 2.21. The number of aromatic nitrogens is 2. The van der Waals surface area contributed by atoms with Crippen LogP contribution >= 0.6 is 0 Å². The lowest BCUT2D eigenvalue weighted by Crippen LogP contribution is -2.15. The molecule has 1 aliphatic heterocycles. The molecule has 3 heterocycles. The fourth-order valence-corrected chi connectivity index (χ4v) is 4.03. The molecule has 8 heteroatoms. The minimum atomic E-state index is -3.33. The number of aryl methyl sites for hydroxylation is 1. The van der Waals surface area contributed by atoms with Gasteiger partial charge in [0.1, 0.15) is 17.6 Å². The van der Waals surface area contributed by atoms with Crippen LogP contribution in [0, 0.1) is 0 Å². The van der Waals surface area contributed by atoms with Gasteiger partial charge in [-0.05, 0) is 60.4 Å². The van der Waals surface area contributed by atoms with Crippen LogP contribution in [0.15, 0.2) is 97.5 Å². The third kappa shape index (κ3) is 6.79. The average Bonchev–Trinajstić information content (AvgIpc) is 2.86. The third-order valence-corrected chi connectivity index (χ3v) is 5.58. The fraction of sp³-hybridized carbons (Fsp3) is 0.154. The van der Waals surface area contributed by atoms with Gasteiger partial charge in [0.2, 0.25) is 15.9 Å². The van der Waals surface area contributed by atoms with Crippen LogP contribution in [0.25, 0.3) is 0 Å². The Morgan fingerprint density at radius 2 is 1.74 bits per heavy atom. The van der Waals surface area contributed by atoms with Crippen molar-refractivity contribution in [2.75, 3.05) is 11.0 Å². The minimum Gasteiger partial charge on any atom is -0.485 e. The summed E-state index contributed by atoms with van der Waals surface area (Å²) in [5.41, 5.74) is 2.67. The molecule has 0 radical (unpaired) electrons. The van der Waals surface area contributed by atoms with E-state index in [4.69, 9.17) is 9.47 Å². The zero-order valence-electron chi connectivity index (χ0n) is 18.7. The molecule has 0 amide bonds. The number of hydrogen-bond acceptors (Lipinski definition) is 6. The summed E-state index contributed by atoms with van der Waals surface area (Å²) < 4.78 is 36.8. The highest BCUT2D eigenvalue weighted by atomic mass is 32.2. The molecule has 0 aliphatic carbocycles. The van der Waals surface area contributed by atoms with E-state index in [1.165, 1.54) is 11.8 Å². The number of hydrogen-bond donors (Lipinski definition) is 1. The van der Waals surface area contributed by atoms with Crippen LogP contribution in [0.2, 0.25) is 0 Å². The molecule has 174 valence electrons. The Morgan fingerprint density at radius 3 is 2.35 bits per heavy atom. The van der Waals surface area contributed by atoms with Crippen molar-refractivity contribution in [3.8, 4) is 17.4 Å². The number of benzene rings is 2. The summed E-state index contributed by atoms with van der Waals surface area (Å²) in [6.07, 6.45) is 7.88. The SMILES string of the molecule is CS(=O)(=O)Nc1ccc(Oc2ccc3c(c2)CCC(c2ccccc2)O3)nc1.c1ccncc1. The predicted octanol–water partition coefficient (Wildman–Crippen LogP) is 5.39. The van der Waals surface area contributed by atoms with Gasteiger partial charge in [-0.1, -0.05) is 36.4 Å². The minimum absolute atomic E-state index is 0.0667. The van der Waals surface area contributed by atoms with E-state index in [1.807, 2.05) is 54.6 Å². The normalized spacial score (nSPS) is 14.6. The summed E-state index contributed by atoms with van der Waals surface area (Å²) in [7, 11) is -3.33. The quantitative estimate of drug-likeness (QED) is 0.416. The van der Waals surface area contributed by atoms with E-state index >= 15 is 0 Å². The van der Waals surface area contributed by atoms with E-state index in [0.29, 0.717) is 17.3 Å². The van der Waals surface area contributed by atoms with Gasteiger partial charge in [-0.3, -0.25) is 9.71 Å². The molecule has 5 rings (SSSR count). The maximum atomic E-state index is 11.2. The number of ether oxygens (including phenoxy) is 2. The maximum Gasteiger partial charge on any atom is 0.229 e. The predicted molar refractivity (Wildman–Crippen MR) is 132 cm³/mol. The monoisotopic (exact) mass is 475 g/mol. The molecule has 0 fully saturated rings. The molecule has 1 N–H and O–H groups in total. The van der Waals surface area contributed by atoms with Crippen molar-refractivity contribution >= 4 is 15.7 Å². The molecule has 0 saturated heterocycles. The molecular weight excluding hydrogens is 450 g/mol. The zero-order chi connectivity index (χ0) is 23.8. The van der Waals surface area contributed by atoms with Crippen LogP contribution in [-0.2, 0) is 16.4 Å². The number of nitrogens with one attached hydrogen (secondary N) is 1. The first-order valence-corrected chi connectivity index (χ1v) is 12.7. The highest BCUT2D eigenvalue weighted by Crippen LogP contribution is 2.37. The Morgan fingerprint density at radius 1 is 0.971 bits per heavy atom. The van der Waals surface area contributed by atoms with Crippen LogP contribution in [0.5, 0.6) is 17.4 Å². The fourth-order valence-electron chi connectivity index (χ4n) is 3.48. The van der Waals surface area contributed by atoms with E-state index < -0.39 is 10.0 Å². The number of rotatable bonds is 5. The van der Waals surface area contributed by atoms with Crippen molar-refractivity contribution in [3.63, 3.8) is 0 Å². The Labute approximate surface area is 199 Å². The molecule has 34 heavy (non-hydrogen) atoms. The lowest BCUT2D eigenvalue weighted by molar-refractivity contribution is 0.176. The maximum absolute atomic E-state index is 11.2. The molecule has 1 aliphatic rings. The first kappa shape index (κ1) is 23.3. The van der Waals surface area contributed by atoms with E-state index in [1.54, 1.807) is 24.5 Å². The van der Waals surface area contributed by atoms with Gasteiger partial charge in [-0.2, -0.15) is 0 Å². The van der Waals surface area contributed by atoms with Crippen molar-refractivity contribution in [3.05, 3.63) is 109 Å². The summed E-state index contributed by atoms with van der Waals surface area (Å²) in [6.45, 7) is 0. The summed E-state index contributed by atoms with van der Waals surface area (Å²) in [5.74, 6) is 1.92. The molecule has 0 saturated carbocycles. The van der Waals surface area contributed by atoms with Crippen LogP contribution in [-0.4, -0.2) is 24.6 Å². The van der Waals surface area contributed by atoms with Crippen molar-refractivity contribution in [1.29, 1.82) is 0 Å². The summed E-state index contributed by atoms with van der Waals surface area (Å²) >= 11 is 0. The number of fused-ring (bicyclic) bond motifs is 1. The molecule has 2 aromatic carbocycles. The Kier molecular flexibility index (Phi) is 7.39. The van der Waals surface area contributed by atoms with Gasteiger partial charge in [0.15, 0.2) is 0 Å². The van der Waals surface area contributed by atoms with Crippen molar-refractivity contribution < 1.29 is 17.9 Å². The second-order valence-corrected chi connectivity index (χ2v) is 9.46. The lowest BCUT2D eigenvalue weighted by Gasteiger charge is -2.26. The van der Waals surface area contributed by atoms with Crippen molar-refractivity contribution in [1.82, 2.24) is 9.97 Å². The van der Waals surface area contributed by atoms with Gasteiger partial charge in [0.05, 0.1) is 18.1 Å². The van der Waals surface area contributed by atoms with E-state index in [2.05, 4.69) is 26.8 Å².